The number of nitrogens with zero attached hydrogens (tertiary/aromatic N) is 4. The van der Waals surface area contributed by atoms with E-state index < -0.39 is 5.54 Å². The molecule has 1 saturated heterocycles. The Morgan fingerprint density at radius 3 is 2.50 bits per heavy atom. The van der Waals surface area contributed by atoms with Crippen molar-refractivity contribution in [3.8, 4) is 5.69 Å². The van der Waals surface area contributed by atoms with E-state index in [4.69, 9.17) is 0 Å². The van der Waals surface area contributed by atoms with E-state index in [0.717, 1.165) is 24.3 Å². The average molecular weight is 401 g/mol. The topological polar surface area (TPSA) is 76.8 Å². The largest absolute Gasteiger partial charge is 0.347 e. The predicted molar refractivity (Wildman–Crippen MR) is 110 cm³/mol. The quantitative estimate of drug-likeness (QED) is 0.689. The first-order valence-electron chi connectivity index (χ1n) is 9.31. The van der Waals surface area contributed by atoms with Crippen molar-refractivity contribution in [3.05, 3.63) is 66.7 Å². The summed E-state index contributed by atoms with van der Waals surface area (Å²) in [6, 6.07) is 11.6. The highest BCUT2D eigenvalue weighted by Crippen LogP contribution is 2.29. The fraction of sp³-hybridized carbons (Fsp3) is 0.350. The van der Waals surface area contributed by atoms with Crippen LogP contribution in [0, 0.1) is 0 Å². The van der Waals surface area contributed by atoms with Gasteiger partial charge in [0.05, 0.1) is 11.7 Å². The maximum absolute atomic E-state index is 13.4. The summed E-state index contributed by atoms with van der Waals surface area (Å²) in [6.07, 6.45) is 8.70. The second-order valence-electron chi connectivity index (χ2n) is 6.94. The van der Waals surface area contributed by atoms with Crippen LogP contribution in [0.5, 0.6) is 0 Å². The molecule has 1 amide bonds. The molecule has 0 saturated carbocycles. The number of aromatic nitrogens is 4. The summed E-state index contributed by atoms with van der Waals surface area (Å²) in [7, 11) is 0. The van der Waals surface area contributed by atoms with E-state index in [0.29, 0.717) is 12.8 Å². The van der Waals surface area contributed by atoms with Gasteiger partial charge >= 0.3 is 0 Å². The van der Waals surface area contributed by atoms with E-state index in [1.165, 1.54) is 0 Å². The average Bonchev–Trinajstić information content (AvgIpc) is 3.42. The lowest BCUT2D eigenvalue weighted by atomic mass is 9.87. The molecule has 4 rings (SSSR count). The molecule has 3 heterocycles. The van der Waals surface area contributed by atoms with Gasteiger partial charge in [0.15, 0.2) is 0 Å². The lowest BCUT2D eigenvalue weighted by Crippen LogP contribution is -2.55. The minimum Gasteiger partial charge on any atom is -0.347 e. The Balaban J connectivity index is 0.00000225. The van der Waals surface area contributed by atoms with E-state index >= 15 is 0 Å². The van der Waals surface area contributed by atoms with E-state index in [-0.39, 0.29) is 24.4 Å². The molecule has 0 spiro atoms. The molecular weight excluding hydrogens is 376 g/mol. The van der Waals surface area contributed by atoms with E-state index in [1.54, 1.807) is 12.4 Å². The molecule has 8 heteroatoms. The number of carbonyl (C=O) groups excluding carboxylic acids is 1. The van der Waals surface area contributed by atoms with Crippen molar-refractivity contribution in [1.82, 2.24) is 30.2 Å². The minimum atomic E-state index is -0.649. The molecule has 2 aromatic heterocycles. The van der Waals surface area contributed by atoms with Gasteiger partial charge in [0, 0.05) is 24.8 Å². The van der Waals surface area contributed by atoms with Crippen molar-refractivity contribution in [2.24, 2.45) is 0 Å². The Morgan fingerprint density at radius 1 is 1.11 bits per heavy atom. The summed E-state index contributed by atoms with van der Waals surface area (Å²) in [5.74, 6) is 0.00969. The lowest BCUT2D eigenvalue weighted by molar-refractivity contribution is -0.132. The van der Waals surface area contributed by atoms with Crippen LogP contribution in [-0.2, 0) is 10.3 Å². The lowest BCUT2D eigenvalue weighted by Gasteiger charge is -2.37. The van der Waals surface area contributed by atoms with Gasteiger partial charge in [0.2, 0.25) is 5.91 Å². The van der Waals surface area contributed by atoms with Crippen molar-refractivity contribution in [1.29, 1.82) is 0 Å². The molecule has 2 N–H and O–H groups in total. The molecule has 7 nitrogen and oxygen atoms in total. The van der Waals surface area contributed by atoms with Crippen LogP contribution >= 0.6 is 12.4 Å². The van der Waals surface area contributed by atoms with Crippen LogP contribution in [0.2, 0.25) is 0 Å². The molecule has 0 radical (unpaired) electrons. The third-order valence-electron chi connectivity index (χ3n) is 5.30. The second kappa shape index (κ2) is 8.58. The second-order valence-corrected chi connectivity index (χ2v) is 6.94. The molecule has 3 aromatic rings. The number of benzene rings is 1. The smallest absolute Gasteiger partial charge is 0.248 e. The van der Waals surface area contributed by atoms with E-state index in [9.17, 15) is 4.79 Å². The fourth-order valence-corrected chi connectivity index (χ4v) is 3.80. The molecule has 1 fully saturated rings. The van der Waals surface area contributed by atoms with Crippen LogP contribution < -0.4 is 10.6 Å². The van der Waals surface area contributed by atoms with Crippen molar-refractivity contribution < 1.29 is 4.79 Å². The number of hydrogen-bond acceptors (Lipinski definition) is 4. The number of amides is 1. The Bertz CT molecular complexity index is 887. The number of halogens is 1. The molecular formula is C20H25ClN6O. The van der Waals surface area contributed by atoms with Crippen LogP contribution in [0.4, 0.5) is 0 Å². The number of hydrogen-bond donors (Lipinski definition) is 2. The molecule has 1 unspecified atom stereocenters. The highest BCUT2D eigenvalue weighted by Gasteiger charge is 2.42. The molecule has 0 aliphatic carbocycles. The Labute approximate surface area is 170 Å². The number of rotatable bonds is 5. The number of piperidine rings is 1. The van der Waals surface area contributed by atoms with Gasteiger partial charge in [-0.05, 0) is 56.6 Å². The summed E-state index contributed by atoms with van der Waals surface area (Å²) in [6.45, 7) is 3.61. The van der Waals surface area contributed by atoms with Crippen LogP contribution in [0.3, 0.4) is 0 Å². The number of carbonyl (C=O) groups is 1. The first-order valence-corrected chi connectivity index (χ1v) is 9.31. The van der Waals surface area contributed by atoms with Crippen molar-refractivity contribution >= 4 is 18.3 Å². The summed E-state index contributed by atoms with van der Waals surface area (Å²) in [5, 5.41) is 15.3. The van der Waals surface area contributed by atoms with Gasteiger partial charge in [-0.3, -0.25) is 9.48 Å². The number of para-hydroxylation sites is 1. The first-order chi connectivity index (χ1) is 13.2. The molecule has 1 atom stereocenters. The maximum Gasteiger partial charge on any atom is 0.248 e. The zero-order chi connectivity index (χ0) is 18.7. The van der Waals surface area contributed by atoms with Gasteiger partial charge < -0.3 is 10.6 Å². The predicted octanol–water partition coefficient (Wildman–Crippen LogP) is 2.45. The summed E-state index contributed by atoms with van der Waals surface area (Å²) in [4.78, 5) is 13.4. The molecule has 1 aliphatic heterocycles. The summed E-state index contributed by atoms with van der Waals surface area (Å²) in [5.41, 5.74) is 1.34. The molecule has 1 aliphatic rings. The Kier molecular flexibility index (Phi) is 6.16. The SMILES string of the molecule is CC(NC(=O)C1(n2cccn2)CCNCC1)c1ccccc1-n1cccn1.Cl. The fourth-order valence-electron chi connectivity index (χ4n) is 3.80. The normalized spacial score (nSPS) is 16.8. The monoisotopic (exact) mass is 400 g/mol. The van der Waals surface area contributed by atoms with Crippen LogP contribution in [-0.4, -0.2) is 38.6 Å². The third kappa shape index (κ3) is 3.68. The van der Waals surface area contributed by atoms with Gasteiger partial charge in [0.25, 0.3) is 0 Å². The highest BCUT2D eigenvalue weighted by molar-refractivity contribution is 5.85. The zero-order valence-corrected chi connectivity index (χ0v) is 16.6. The van der Waals surface area contributed by atoms with Crippen molar-refractivity contribution in [2.75, 3.05) is 13.1 Å². The molecule has 28 heavy (non-hydrogen) atoms. The van der Waals surface area contributed by atoms with Gasteiger partial charge in [-0.1, -0.05) is 18.2 Å². The van der Waals surface area contributed by atoms with Crippen molar-refractivity contribution in [2.45, 2.75) is 31.3 Å². The molecule has 0 bridgehead atoms. The third-order valence-corrected chi connectivity index (χ3v) is 5.30. The summed E-state index contributed by atoms with van der Waals surface area (Å²) < 4.78 is 3.64. The van der Waals surface area contributed by atoms with Crippen LogP contribution in [0.15, 0.2) is 61.2 Å². The number of nitrogens with one attached hydrogen (secondary N) is 2. The van der Waals surface area contributed by atoms with Gasteiger partial charge in [-0.25, -0.2) is 4.68 Å². The van der Waals surface area contributed by atoms with Gasteiger partial charge in [-0.2, -0.15) is 10.2 Å². The minimum absolute atomic E-state index is 0. The van der Waals surface area contributed by atoms with Crippen LogP contribution in [0.25, 0.3) is 5.69 Å². The first kappa shape index (κ1) is 20.1. The molecule has 1 aromatic carbocycles. The van der Waals surface area contributed by atoms with Gasteiger partial charge in [-0.15, -0.1) is 12.4 Å². The Hall–Kier alpha value is -2.64. The van der Waals surface area contributed by atoms with Crippen molar-refractivity contribution in [3.63, 3.8) is 0 Å². The zero-order valence-electron chi connectivity index (χ0n) is 15.8. The van der Waals surface area contributed by atoms with Crippen LogP contribution in [0.1, 0.15) is 31.4 Å². The van der Waals surface area contributed by atoms with Gasteiger partial charge in [0.1, 0.15) is 5.54 Å². The molecule has 148 valence electrons. The van der Waals surface area contributed by atoms with E-state index in [2.05, 4.69) is 20.8 Å². The summed E-state index contributed by atoms with van der Waals surface area (Å²) >= 11 is 0. The highest BCUT2D eigenvalue weighted by atomic mass is 35.5. The Morgan fingerprint density at radius 2 is 1.82 bits per heavy atom. The maximum atomic E-state index is 13.4. The standard InChI is InChI=1S/C20H24N6O.ClH/c1-16(17-6-2-3-7-18(17)25-14-4-10-22-25)24-19(27)20(8-12-21-13-9-20)26-15-5-11-23-26;/h2-7,10-11,14-16,21H,8-9,12-13H2,1H3,(H,24,27);1H. The van der Waals surface area contributed by atoms with E-state index in [1.807, 2.05) is 65.1 Å².